The maximum absolute atomic E-state index is 13.0. The van der Waals surface area contributed by atoms with Crippen LogP contribution in [0.15, 0.2) is 18.2 Å². The molecule has 0 fully saturated rings. The predicted molar refractivity (Wildman–Crippen MR) is 79.5 cm³/mol. The standard InChI is InChI=1S/C13H17Cl2FO3S/c1-13(2,3)9(8-20(15,17)18)7-19-10-4-5-12(16)11(14)6-10/h4-6,9H,7-8H2,1-3H3. The SMILES string of the molecule is CC(C)(C)C(COc1ccc(F)c(Cl)c1)CS(=O)(=O)Cl. The van der Waals surface area contributed by atoms with Crippen LogP contribution in [-0.4, -0.2) is 20.8 Å². The van der Waals surface area contributed by atoms with Gasteiger partial charge in [-0.3, -0.25) is 0 Å². The zero-order valence-electron chi connectivity index (χ0n) is 11.5. The van der Waals surface area contributed by atoms with E-state index in [0.29, 0.717) is 5.75 Å². The fourth-order valence-electron chi connectivity index (χ4n) is 1.55. The molecular weight excluding hydrogens is 326 g/mol. The van der Waals surface area contributed by atoms with Crippen molar-refractivity contribution in [1.82, 2.24) is 0 Å². The summed E-state index contributed by atoms with van der Waals surface area (Å²) in [6, 6.07) is 3.99. The van der Waals surface area contributed by atoms with Crippen LogP contribution in [0.4, 0.5) is 4.39 Å². The first kappa shape index (κ1) is 17.5. The average Bonchev–Trinajstić information content (AvgIpc) is 2.26. The average molecular weight is 343 g/mol. The van der Waals surface area contributed by atoms with Gasteiger partial charge in [0, 0.05) is 22.7 Å². The summed E-state index contributed by atoms with van der Waals surface area (Å²) in [4.78, 5) is 0. The van der Waals surface area contributed by atoms with Gasteiger partial charge in [0.15, 0.2) is 0 Å². The van der Waals surface area contributed by atoms with Crippen molar-refractivity contribution < 1.29 is 17.5 Å². The first-order chi connectivity index (χ1) is 8.99. The summed E-state index contributed by atoms with van der Waals surface area (Å²) in [6.45, 7) is 5.86. The molecule has 7 heteroatoms. The third-order valence-corrected chi connectivity index (χ3v) is 4.44. The fourth-order valence-corrected chi connectivity index (χ4v) is 3.26. The summed E-state index contributed by atoms with van der Waals surface area (Å²) >= 11 is 5.65. The zero-order valence-corrected chi connectivity index (χ0v) is 13.8. The van der Waals surface area contributed by atoms with Gasteiger partial charge < -0.3 is 4.74 Å². The topological polar surface area (TPSA) is 43.4 Å². The fraction of sp³-hybridized carbons (Fsp3) is 0.538. The first-order valence-electron chi connectivity index (χ1n) is 5.99. The van der Waals surface area contributed by atoms with Gasteiger partial charge in [-0.25, -0.2) is 12.8 Å². The highest BCUT2D eigenvalue weighted by Gasteiger charge is 2.29. The van der Waals surface area contributed by atoms with E-state index in [2.05, 4.69) is 0 Å². The number of rotatable bonds is 5. The number of ether oxygens (including phenoxy) is 1. The van der Waals surface area contributed by atoms with Crippen molar-refractivity contribution in [2.24, 2.45) is 11.3 Å². The number of halogens is 3. The lowest BCUT2D eigenvalue weighted by Gasteiger charge is -2.29. The Hall–Kier alpha value is -0.520. The van der Waals surface area contributed by atoms with Crippen LogP contribution in [0.3, 0.4) is 0 Å². The third-order valence-electron chi connectivity index (χ3n) is 2.97. The molecule has 1 aromatic rings. The molecule has 0 aliphatic carbocycles. The molecule has 0 aliphatic heterocycles. The Morgan fingerprint density at radius 2 is 1.95 bits per heavy atom. The molecule has 0 aliphatic rings. The highest BCUT2D eigenvalue weighted by Crippen LogP contribution is 2.29. The van der Waals surface area contributed by atoms with Crippen LogP contribution in [0, 0.1) is 17.2 Å². The summed E-state index contributed by atoms with van der Waals surface area (Å²) < 4.78 is 41.0. The highest BCUT2D eigenvalue weighted by atomic mass is 35.7. The van der Waals surface area contributed by atoms with E-state index in [9.17, 15) is 12.8 Å². The van der Waals surface area contributed by atoms with E-state index in [1.807, 2.05) is 20.8 Å². The molecule has 0 bridgehead atoms. The van der Waals surface area contributed by atoms with Crippen molar-refractivity contribution in [2.45, 2.75) is 20.8 Å². The Morgan fingerprint density at radius 3 is 2.40 bits per heavy atom. The molecule has 0 radical (unpaired) electrons. The van der Waals surface area contributed by atoms with E-state index in [-0.39, 0.29) is 28.7 Å². The Kier molecular flexibility index (Phi) is 5.70. The second kappa shape index (κ2) is 6.50. The number of hydrogen-bond donors (Lipinski definition) is 0. The van der Waals surface area contributed by atoms with Crippen molar-refractivity contribution >= 4 is 31.3 Å². The molecule has 1 aromatic carbocycles. The summed E-state index contributed by atoms with van der Waals surface area (Å²) in [7, 11) is 1.69. The molecule has 20 heavy (non-hydrogen) atoms. The molecule has 3 nitrogen and oxygen atoms in total. The molecule has 0 amide bonds. The quantitative estimate of drug-likeness (QED) is 0.757. The van der Waals surface area contributed by atoms with Crippen LogP contribution in [0.2, 0.25) is 5.02 Å². The van der Waals surface area contributed by atoms with E-state index in [4.69, 9.17) is 27.0 Å². The van der Waals surface area contributed by atoms with Crippen LogP contribution < -0.4 is 4.74 Å². The van der Waals surface area contributed by atoms with E-state index >= 15 is 0 Å². The lowest BCUT2D eigenvalue weighted by Crippen LogP contribution is -2.31. The minimum absolute atomic E-state index is 0.0419. The van der Waals surface area contributed by atoms with Crippen LogP contribution in [-0.2, 0) is 9.05 Å². The summed E-state index contributed by atoms with van der Waals surface area (Å²) in [5, 5.41) is -0.0419. The van der Waals surface area contributed by atoms with Gasteiger partial charge in [0.25, 0.3) is 0 Å². The van der Waals surface area contributed by atoms with Gasteiger partial charge in [-0.2, -0.15) is 0 Å². The molecule has 0 spiro atoms. The summed E-state index contributed by atoms with van der Waals surface area (Å²) in [6.07, 6.45) is 0. The van der Waals surface area contributed by atoms with E-state index in [1.165, 1.54) is 18.2 Å². The van der Waals surface area contributed by atoms with Gasteiger partial charge in [0.1, 0.15) is 11.6 Å². The van der Waals surface area contributed by atoms with Crippen molar-refractivity contribution in [3.8, 4) is 5.75 Å². The van der Waals surface area contributed by atoms with E-state index in [1.54, 1.807) is 0 Å². The van der Waals surface area contributed by atoms with Crippen molar-refractivity contribution in [3.63, 3.8) is 0 Å². The van der Waals surface area contributed by atoms with Crippen LogP contribution in [0.1, 0.15) is 20.8 Å². The summed E-state index contributed by atoms with van der Waals surface area (Å²) in [5.41, 5.74) is -0.300. The highest BCUT2D eigenvalue weighted by molar-refractivity contribution is 8.13. The number of hydrogen-bond acceptors (Lipinski definition) is 3. The minimum atomic E-state index is -3.62. The van der Waals surface area contributed by atoms with Gasteiger partial charge in [-0.05, 0) is 17.5 Å². The second-order valence-electron chi connectivity index (χ2n) is 5.66. The molecule has 0 heterocycles. The van der Waals surface area contributed by atoms with Gasteiger partial charge in [-0.15, -0.1) is 0 Å². The molecule has 0 N–H and O–H groups in total. The maximum Gasteiger partial charge on any atom is 0.233 e. The Morgan fingerprint density at radius 1 is 1.35 bits per heavy atom. The molecule has 0 saturated heterocycles. The Labute approximate surface area is 128 Å². The normalized spacial score (nSPS) is 14.1. The van der Waals surface area contributed by atoms with Gasteiger partial charge in [-0.1, -0.05) is 32.4 Å². The number of benzene rings is 1. The molecule has 0 saturated carbocycles. The molecule has 1 atom stereocenters. The van der Waals surface area contributed by atoms with Crippen molar-refractivity contribution in [3.05, 3.63) is 29.0 Å². The molecule has 0 aromatic heterocycles. The third kappa shape index (κ3) is 5.85. The monoisotopic (exact) mass is 342 g/mol. The predicted octanol–water partition coefficient (Wildman–Crippen LogP) is 4.09. The van der Waals surface area contributed by atoms with Crippen LogP contribution >= 0.6 is 22.3 Å². The van der Waals surface area contributed by atoms with Gasteiger partial charge in [0.05, 0.1) is 17.4 Å². The molecule has 114 valence electrons. The zero-order chi connectivity index (χ0) is 15.6. The van der Waals surface area contributed by atoms with Crippen LogP contribution in [0.5, 0.6) is 5.75 Å². The van der Waals surface area contributed by atoms with E-state index in [0.717, 1.165) is 0 Å². The minimum Gasteiger partial charge on any atom is -0.493 e. The largest absolute Gasteiger partial charge is 0.493 e. The smallest absolute Gasteiger partial charge is 0.233 e. The first-order valence-corrected chi connectivity index (χ1v) is 8.85. The van der Waals surface area contributed by atoms with Gasteiger partial charge in [0.2, 0.25) is 9.05 Å². The van der Waals surface area contributed by atoms with Crippen molar-refractivity contribution in [2.75, 3.05) is 12.4 Å². The Balaban J connectivity index is 2.78. The lowest BCUT2D eigenvalue weighted by atomic mass is 9.82. The molecule has 1 rings (SSSR count). The van der Waals surface area contributed by atoms with Crippen molar-refractivity contribution in [1.29, 1.82) is 0 Å². The Bertz CT molecular complexity index is 567. The molecular formula is C13H17Cl2FO3S. The lowest BCUT2D eigenvalue weighted by molar-refractivity contribution is 0.163. The molecule has 1 unspecified atom stereocenters. The van der Waals surface area contributed by atoms with Gasteiger partial charge >= 0.3 is 0 Å². The summed E-state index contributed by atoms with van der Waals surface area (Å²) in [5.74, 6) is -0.631. The second-order valence-corrected chi connectivity index (χ2v) is 8.88. The van der Waals surface area contributed by atoms with Crippen LogP contribution in [0.25, 0.3) is 0 Å². The maximum atomic E-state index is 13.0. The van der Waals surface area contributed by atoms with E-state index < -0.39 is 14.9 Å².